The highest BCUT2D eigenvalue weighted by Gasteiger charge is 2.37. The van der Waals surface area contributed by atoms with Crippen LogP contribution in [0.25, 0.3) is 0 Å². The van der Waals surface area contributed by atoms with E-state index in [4.69, 9.17) is 27.9 Å². The molecule has 1 atom stereocenters. The molecule has 27 heavy (non-hydrogen) atoms. The van der Waals surface area contributed by atoms with E-state index in [0.29, 0.717) is 16.3 Å². The minimum atomic E-state index is -0.654. The molecule has 0 aromatic heterocycles. The Morgan fingerprint density at radius 2 is 1.85 bits per heavy atom. The third-order valence-corrected chi connectivity index (χ3v) is 5.21. The highest BCUT2D eigenvalue weighted by molar-refractivity contribution is 6.44. The number of hydrogen-bond acceptors (Lipinski definition) is 4. The van der Waals surface area contributed by atoms with Gasteiger partial charge in [-0.25, -0.2) is 0 Å². The Morgan fingerprint density at radius 1 is 1.15 bits per heavy atom. The van der Waals surface area contributed by atoms with Crippen LogP contribution < -0.4 is 4.90 Å². The van der Waals surface area contributed by atoms with Crippen molar-refractivity contribution in [1.29, 1.82) is 0 Å². The van der Waals surface area contributed by atoms with E-state index < -0.39 is 11.9 Å². The summed E-state index contributed by atoms with van der Waals surface area (Å²) < 4.78 is 5.13. The van der Waals surface area contributed by atoms with Gasteiger partial charge in [-0.15, -0.1) is 0 Å². The molecule has 3 rings (SSSR count). The number of Topliss-reactive ketones (excluding diaryl/α,β-unsaturated/α-hetero) is 1. The molecule has 0 saturated carbocycles. The van der Waals surface area contributed by atoms with E-state index in [1.165, 1.54) is 4.90 Å². The summed E-state index contributed by atoms with van der Waals surface area (Å²) in [7, 11) is 0. The molecule has 1 aliphatic rings. The van der Waals surface area contributed by atoms with Gasteiger partial charge in [0.25, 0.3) is 0 Å². The summed E-state index contributed by atoms with van der Waals surface area (Å²) in [5, 5.41) is 0.591. The average molecular weight is 406 g/mol. The zero-order valence-corrected chi connectivity index (χ0v) is 16.1. The summed E-state index contributed by atoms with van der Waals surface area (Å²) in [6.45, 7) is 1.70. The van der Waals surface area contributed by atoms with E-state index in [0.717, 1.165) is 5.56 Å². The third-order valence-electron chi connectivity index (χ3n) is 4.40. The molecule has 1 fully saturated rings. The quantitative estimate of drug-likeness (QED) is 0.555. The van der Waals surface area contributed by atoms with Crippen LogP contribution in [0.15, 0.2) is 42.5 Å². The molecule has 0 spiro atoms. The number of benzene rings is 2. The van der Waals surface area contributed by atoms with Gasteiger partial charge in [-0.05, 0) is 19.1 Å². The van der Waals surface area contributed by atoms with Crippen molar-refractivity contribution >= 4 is 46.5 Å². The van der Waals surface area contributed by atoms with Crippen molar-refractivity contribution in [1.82, 2.24) is 0 Å². The van der Waals surface area contributed by atoms with Crippen molar-refractivity contribution in [2.24, 2.45) is 5.92 Å². The van der Waals surface area contributed by atoms with E-state index in [2.05, 4.69) is 0 Å². The summed E-state index contributed by atoms with van der Waals surface area (Å²) in [4.78, 5) is 38.1. The number of ether oxygens (including phenoxy) is 1. The van der Waals surface area contributed by atoms with Crippen LogP contribution in [0.5, 0.6) is 0 Å². The number of amides is 1. The summed E-state index contributed by atoms with van der Waals surface area (Å²) in [6.07, 6.45) is 0.000395. The second kappa shape index (κ2) is 8.11. The van der Waals surface area contributed by atoms with E-state index in [1.807, 2.05) is 19.1 Å². The van der Waals surface area contributed by atoms with Gasteiger partial charge in [-0.2, -0.15) is 0 Å². The summed E-state index contributed by atoms with van der Waals surface area (Å²) in [5.74, 6) is -1.77. The van der Waals surface area contributed by atoms with E-state index in [-0.39, 0.29) is 36.3 Å². The first-order chi connectivity index (χ1) is 12.9. The molecule has 1 amide bonds. The maximum Gasteiger partial charge on any atom is 0.311 e. The van der Waals surface area contributed by atoms with Crippen LogP contribution in [0.4, 0.5) is 5.69 Å². The Balaban J connectivity index is 1.61. The summed E-state index contributed by atoms with van der Waals surface area (Å²) >= 11 is 12.2. The number of halogens is 2. The van der Waals surface area contributed by atoms with E-state index >= 15 is 0 Å². The number of carbonyl (C=O) groups excluding carboxylic acids is 3. The molecule has 2 aromatic carbocycles. The zero-order valence-electron chi connectivity index (χ0n) is 14.6. The van der Waals surface area contributed by atoms with Gasteiger partial charge in [-0.1, -0.05) is 59.1 Å². The van der Waals surface area contributed by atoms with Crippen molar-refractivity contribution < 1.29 is 19.1 Å². The Hall–Kier alpha value is -2.37. The monoisotopic (exact) mass is 405 g/mol. The normalized spacial score (nSPS) is 16.5. The number of anilines is 1. The van der Waals surface area contributed by atoms with Crippen molar-refractivity contribution in [3.8, 4) is 0 Å². The van der Waals surface area contributed by atoms with Crippen LogP contribution in [-0.4, -0.2) is 30.8 Å². The predicted molar refractivity (Wildman–Crippen MR) is 103 cm³/mol. The van der Waals surface area contributed by atoms with Gasteiger partial charge in [0, 0.05) is 18.5 Å². The Kier molecular flexibility index (Phi) is 5.82. The first-order valence-corrected chi connectivity index (χ1v) is 9.13. The van der Waals surface area contributed by atoms with Gasteiger partial charge in [0.2, 0.25) is 5.91 Å². The minimum absolute atomic E-state index is 0.000395. The van der Waals surface area contributed by atoms with Gasteiger partial charge < -0.3 is 9.64 Å². The van der Waals surface area contributed by atoms with Crippen molar-refractivity contribution in [3.63, 3.8) is 0 Å². The lowest BCUT2D eigenvalue weighted by Gasteiger charge is -2.18. The Labute approximate surface area is 166 Å². The van der Waals surface area contributed by atoms with E-state index in [1.54, 1.807) is 30.3 Å². The topological polar surface area (TPSA) is 63.7 Å². The van der Waals surface area contributed by atoms with Crippen LogP contribution in [0.2, 0.25) is 10.0 Å². The average Bonchev–Trinajstić information content (AvgIpc) is 3.04. The van der Waals surface area contributed by atoms with Gasteiger partial charge in [0.1, 0.15) is 0 Å². The van der Waals surface area contributed by atoms with Crippen LogP contribution in [0.3, 0.4) is 0 Å². The number of nitrogens with zero attached hydrogens (tertiary/aromatic N) is 1. The second-order valence-electron chi connectivity index (χ2n) is 6.38. The largest absolute Gasteiger partial charge is 0.457 e. The van der Waals surface area contributed by atoms with Crippen molar-refractivity contribution in [2.45, 2.75) is 13.3 Å². The molecule has 2 aromatic rings. The molecule has 140 valence electrons. The highest BCUT2D eigenvalue weighted by Crippen LogP contribution is 2.35. The molecule has 0 N–H and O–H groups in total. The lowest BCUT2D eigenvalue weighted by atomic mass is 10.1. The third kappa shape index (κ3) is 4.31. The Morgan fingerprint density at radius 3 is 2.56 bits per heavy atom. The molecule has 0 aliphatic carbocycles. The lowest BCUT2D eigenvalue weighted by molar-refractivity contribution is -0.147. The fraction of sp³-hybridized carbons (Fsp3) is 0.250. The molecular formula is C20H17Cl2NO4. The fourth-order valence-electron chi connectivity index (χ4n) is 2.88. The van der Waals surface area contributed by atoms with Crippen molar-refractivity contribution in [2.75, 3.05) is 18.1 Å². The fourth-order valence-corrected chi connectivity index (χ4v) is 3.27. The molecular weight excluding hydrogens is 389 g/mol. The lowest BCUT2D eigenvalue weighted by Crippen LogP contribution is -2.27. The van der Waals surface area contributed by atoms with Crippen LogP contribution >= 0.6 is 23.2 Å². The predicted octanol–water partition coefficient (Wildman–Crippen LogP) is 4.08. The van der Waals surface area contributed by atoms with Gasteiger partial charge in [0.05, 0.1) is 21.7 Å². The molecule has 1 heterocycles. The maximum atomic E-state index is 12.3. The second-order valence-corrected chi connectivity index (χ2v) is 7.16. The SMILES string of the molecule is Cc1ccc(C(=O)COC(=O)[C@@H]2CC(=O)N(c3cccc(Cl)c3Cl)C2)cc1. The van der Waals surface area contributed by atoms with Gasteiger partial charge >= 0.3 is 5.97 Å². The smallest absolute Gasteiger partial charge is 0.311 e. The van der Waals surface area contributed by atoms with Gasteiger partial charge in [-0.3, -0.25) is 14.4 Å². The Bertz CT molecular complexity index is 895. The maximum absolute atomic E-state index is 12.3. The van der Waals surface area contributed by atoms with Gasteiger partial charge in [0.15, 0.2) is 12.4 Å². The molecule has 0 radical (unpaired) electrons. The number of esters is 1. The number of carbonyl (C=O) groups is 3. The van der Waals surface area contributed by atoms with E-state index in [9.17, 15) is 14.4 Å². The van der Waals surface area contributed by atoms with Crippen LogP contribution in [-0.2, 0) is 14.3 Å². The first-order valence-electron chi connectivity index (χ1n) is 8.37. The zero-order chi connectivity index (χ0) is 19.6. The number of hydrogen-bond donors (Lipinski definition) is 0. The number of aryl methyl sites for hydroxylation is 1. The molecule has 5 nitrogen and oxygen atoms in total. The molecule has 0 bridgehead atoms. The minimum Gasteiger partial charge on any atom is -0.457 e. The number of ketones is 1. The van der Waals surface area contributed by atoms with Crippen LogP contribution in [0.1, 0.15) is 22.3 Å². The molecule has 1 aliphatic heterocycles. The highest BCUT2D eigenvalue weighted by atomic mass is 35.5. The molecule has 1 saturated heterocycles. The number of rotatable bonds is 5. The van der Waals surface area contributed by atoms with Crippen molar-refractivity contribution in [3.05, 3.63) is 63.6 Å². The van der Waals surface area contributed by atoms with Crippen LogP contribution in [0, 0.1) is 12.8 Å². The standard InChI is InChI=1S/C20H17Cl2NO4/c1-12-5-7-13(8-6-12)17(24)11-27-20(26)14-9-18(25)23(10-14)16-4-2-3-15(21)19(16)22/h2-8,14H,9-11H2,1H3/t14-/m1/s1. The summed E-state index contributed by atoms with van der Waals surface area (Å²) in [5.41, 5.74) is 1.97. The summed E-state index contributed by atoms with van der Waals surface area (Å²) in [6, 6.07) is 12.0. The molecule has 0 unspecified atom stereocenters. The molecule has 7 heteroatoms. The first kappa shape index (κ1) is 19.4.